The van der Waals surface area contributed by atoms with Crippen molar-refractivity contribution in [2.75, 3.05) is 26.9 Å². The average Bonchev–Trinajstić information content (AvgIpc) is 3.40. The molecule has 1 amide bonds. The molecule has 0 saturated carbocycles. The lowest BCUT2D eigenvalue weighted by molar-refractivity contribution is 0.0601. The maximum atomic E-state index is 13.7. The highest BCUT2D eigenvalue weighted by atomic mass is 16.5. The van der Waals surface area contributed by atoms with E-state index in [2.05, 4.69) is 24.0 Å². The Labute approximate surface area is 231 Å². The van der Waals surface area contributed by atoms with Gasteiger partial charge in [0.25, 0.3) is 5.91 Å². The van der Waals surface area contributed by atoms with Crippen LogP contribution in [0.3, 0.4) is 0 Å². The zero-order chi connectivity index (χ0) is 28.3. The second-order valence-electron chi connectivity index (χ2n) is 11.0. The van der Waals surface area contributed by atoms with E-state index in [0.29, 0.717) is 60.5 Å². The van der Waals surface area contributed by atoms with Crippen LogP contribution in [0.15, 0.2) is 30.3 Å². The summed E-state index contributed by atoms with van der Waals surface area (Å²) in [6.45, 7) is 13.9. The normalized spacial score (nSPS) is 14.9. The number of aromatic amines is 1. The summed E-state index contributed by atoms with van der Waals surface area (Å²) in [7, 11) is 1.62. The summed E-state index contributed by atoms with van der Waals surface area (Å²) in [5.41, 5.74) is 5.13. The van der Waals surface area contributed by atoms with Gasteiger partial charge < -0.3 is 24.2 Å². The number of benzene rings is 2. The van der Waals surface area contributed by atoms with Gasteiger partial charge in [-0.15, -0.1) is 0 Å². The van der Waals surface area contributed by atoms with E-state index in [4.69, 9.17) is 14.2 Å². The molecule has 0 spiro atoms. The van der Waals surface area contributed by atoms with Gasteiger partial charge in [-0.3, -0.25) is 9.89 Å². The van der Waals surface area contributed by atoms with Gasteiger partial charge in [-0.2, -0.15) is 5.10 Å². The molecule has 0 bridgehead atoms. The van der Waals surface area contributed by atoms with Crippen LogP contribution >= 0.6 is 0 Å². The van der Waals surface area contributed by atoms with E-state index in [1.54, 1.807) is 13.2 Å². The number of fused-ring (bicyclic) bond motifs is 1. The molecule has 1 aromatic heterocycles. The largest absolute Gasteiger partial charge is 0.507 e. The van der Waals surface area contributed by atoms with Crippen molar-refractivity contribution in [3.05, 3.63) is 58.3 Å². The number of carbonyl (C=O) groups is 1. The Bertz CT molecular complexity index is 1290. The van der Waals surface area contributed by atoms with E-state index >= 15 is 0 Å². The lowest BCUT2D eigenvalue weighted by Crippen LogP contribution is -2.31. The van der Waals surface area contributed by atoms with Gasteiger partial charge in [0, 0.05) is 24.3 Å². The van der Waals surface area contributed by atoms with E-state index < -0.39 is 6.04 Å². The summed E-state index contributed by atoms with van der Waals surface area (Å²) < 4.78 is 17.5. The molecule has 0 fully saturated rings. The third kappa shape index (κ3) is 6.06. The number of nitrogens with one attached hydrogen (secondary N) is 1. The fourth-order valence-electron chi connectivity index (χ4n) is 5.15. The van der Waals surface area contributed by atoms with Crippen molar-refractivity contribution in [3.8, 4) is 28.5 Å². The van der Waals surface area contributed by atoms with Gasteiger partial charge in [0.05, 0.1) is 25.9 Å². The molecule has 8 nitrogen and oxygen atoms in total. The van der Waals surface area contributed by atoms with Crippen molar-refractivity contribution in [1.29, 1.82) is 0 Å². The smallest absolute Gasteiger partial charge is 0.273 e. The average molecular weight is 536 g/mol. The molecular weight excluding hydrogens is 494 g/mol. The van der Waals surface area contributed by atoms with Crippen LogP contribution in [-0.4, -0.2) is 59.1 Å². The second kappa shape index (κ2) is 12.1. The van der Waals surface area contributed by atoms with E-state index in [1.165, 1.54) is 0 Å². The SMILES string of the molecule is COc1cc(C2c3c(-c4c(C)cc(C)cc4O)n[nH]c3C(=O)N2CCCOC(C)C)ccc1OCCC(C)C. The summed E-state index contributed by atoms with van der Waals surface area (Å²) in [5, 5.41) is 18.4. The minimum Gasteiger partial charge on any atom is -0.507 e. The first-order chi connectivity index (χ1) is 18.6. The third-order valence-electron chi connectivity index (χ3n) is 7.01. The van der Waals surface area contributed by atoms with E-state index in [1.807, 2.05) is 56.9 Å². The number of hydrogen-bond acceptors (Lipinski definition) is 6. The van der Waals surface area contributed by atoms with Gasteiger partial charge in [-0.1, -0.05) is 26.0 Å². The zero-order valence-electron chi connectivity index (χ0n) is 24.1. The lowest BCUT2D eigenvalue weighted by atomic mass is 9.93. The molecule has 1 aliphatic rings. The summed E-state index contributed by atoms with van der Waals surface area (Å²) in [6.07, 6.45) is 1.75. The molecule has 1 unspecified atom stereocenters. The molecule has 0 aliphatic carbocycles. The number of phenolic OH excluding ortho intramolecular Hbond substituents is 1. The van der Waals surface area contributed by atoms with Crippen LogP contribution in [0.5, 0.6) is 17.2 Å². The number of rotatable bonds is 12. The predicted molar refractivity (Wildman–Crippen MR) is 152 cm³/mol. The van der Waals surface area contributed by atoms with Gasteiger partial charge in [0.1, 0.15) is 17.1 Å². The van der Waals surface area contributed by atoms with Crippen LogP contribution in [0.25, 0.3) is 11.3 Å². The number of methoxy groups -OCH3 is 1. The number of carbonyl (C=O) groups excluding carboxylic acids is 1. The molecule has 0 radical (unpaired) electrons. The van der Waals surface area contributed by atoms with Crippen LogP contribution in [0, 0.1) is 19.8 Å². The monoisotopic (exact) mass is 535 g/mol. The Hall–Kier alpha value is -3.52. The standard InChI is InChI=1S/C31H41N3O5/c1-18(2)11-14-39-24-10-9-22(17-25(24)37-7)30-27-28(26-21(6)15-20(5)16-23(26)35)32-33-29(27)31(36)34(30)12-8-13-38-19(3)4/h9-10,15-19,30,35H,8,11-14H2,1-7H3,(H,32,33). The number of nitrogens with zero attached hydrogens (tertiary/aromatic N) is 2. The van der Waals surface area contributed by atoms with Crippen LogP contribution in [0.4, 0.5) is 0 Å². The van der Waals surface area contributed by atoms with Crippen molar-refractivity contribution in [2.24, 2.45) is 5.92 Å². The van der Waals surface area contributed by atoms with Crippen molar-refractivity contribution in [3.63, 3.8) is 0 Å². The Balaban J connectivity index is 1.77. The number of hydrogen-bond donors (Lipinski definition) is 2. The highest BCUT2D eigenvalue weighted by Gasteiger charge is 2.42. The van der Waals surface area contributed by atoms with Crippen LogP contribution < -0.4 is 9.47 Å². The quantitative estimate of drug-likeness (QED) is 0.268. The maximum Gasteiger partial charge on any atom is 0.273 e. The fourth-order valence-corrected chi connectivity index (χ4v) is 5.15. The molecule has 2 aromatic carbocycles. The molecule has 39 heavy (non-hydrogen) atoms. The minimum atomic E-state index is -0.418. The van der Waals surface area contributed by atoms with Crippen LogP contribution in [0.2, 0.25) is 0 Å². The topological polar surface area (TPSA) is 96.9 Å². The molecule has 1 aliphatic heterocycles. The first-order valence-electron chi connectivity index (χ1n) is 13.7. The fraction of sp³-hybridized carbons (Fsp3) is 0.484. The number of ether oxygens (including phenoxy) is 3. The molecule has 2 N–H and O–H groups in total. The van der Waals surface area contributed by atoms with Gasteiger partial charge in [-0.25, -0.2) is 0 Å². The lowest BCUT2D eigenvalue weighted by Gasteiger charge is -2.27. The molecule has 8 heteroatoms. The number of H-pyrrole nitrogens is 1. The molecule has 4 rings (SSSR count). The van der Waals surface area contributed by atoms with Crippen molar-refractivity contribution < 1.29 is 24.1 Å². The summed E-state index contributed by atoms with van der Waals surface area (Å²) in [5.74, 6) is 1.83. The molecule has 0 saturated heterocycles. The summed E-state index contributed by atoms with van der Waals surface area (Å²) >= 11 is 0. The van der Waals surface area contributed by atoms with Gasteiger partial charge >= 0.3 is 0 Å². The molecule has 2 heterocycles. The first-order valence-corrected chi connectivity index (χ1v) is 13.7. The van der Waals surface area contributed by atoms with Crippen molar-refractivity contribution in [2.45, 2.75) is 66.5 Å². The Morgan fingerprint density at radius 3 is 2.51 bits per heavy atom. The van der Waals surface area contributed by atoms with E-state index in [0.717, 1.165) is 28.7 Å². The second-order valence-corrected chi connectivity index (χ2v) is 11.0. The summed E-state index contributed by atoms with van der Waals surface area (Å²) in [4.78, 5) is 15.6. The van der Waals surface area contributed by atoms with Crippen molar-refractivity contribution in [1.82, 2.24) is 15.1 Å². The number of aromatic hydroxyl groups is 1. The van der Waals surface area contributed by atoms with Gasteiger partial charge in [0.2, 0.25) is 0 Å². The number of aryl methyl sites for hydroxylation is 2. The zero-order valence-corrected chi connectivity index (χ0v) is 24.1. The summed E-state index contributed by atoms with van der Waals surface area (Å²) in [6, 6.07) is 9.15. The van der Waals surface area contributed by atoms with Crippen LogP contribution in [-0.2, 0) is 4.74 Å². The number of amides is 1. The first kappa shape index (κ1) is 28.5. The highest BCUT2D eigenvalue weighted by molar-refractivity contribution is 6.00. The molecule has 3 aromatic rings. The molecular formula is C31H41N3O5. The van der Waals surface area contributed by atoms with Crippen LogP contribution in [0.1, 0.15) is 79.3 Å². The molecule has 1 atom stereocenters. The maximum absolute atomic E-state index is 13.7. The molecule has 210 valence electrons. The van der Waals surface area contributed by atoms with Gasteiger partial charge in [0.15, 0.2) is 11.5 Å². The Kier molecular flexibility index (Phi) is 8.85. The number of phenols is 1. The van der Waals surface area contributed by atoms with E-state index in [9.17, 15) is 9.90 Å². The highest BCUT2D eigenvalue weighted by Crippen LogP contribution is 2.46. The Morgan fingerprint density at radius 2 is 1.85 bits per heavy atom. The van der Waals surface area contributed by atoms with Gasteiger partial charge in [-0.05, 0) is 81.3 Å². The van der Waals surface area contributed by atoms with E-state index in [-0.39, 0.29) is 17.8 Å². The predicted octanol–water partition coefficient (Wildman–Crippen LogP) is 6.19. The number of aromatic nitrogens is 2. The third-order valence-corrected chi connectivity index (χ3v) is 7.01. The van der Waals surface area contributed by atoms with Crippen molar-refractivity contribution >= 4 is 5.91 Å². The minimum absolute atomic E-state index is 0.124. The Morgan fingerprint density at radius 1 is 1.08 bits per heavy atom.